The van der Waals surface area contributed by atoms with Gasteiger partial charge in [-0.15, -0.1) is 0 Å². The maximum absolute atomic E-state index is 12.8. The van der Waals surface area contributed by atoms with Gasteiger partial charge in [0.15, 0.2) is 5.82 Å². The molecule has 0 unspecified atom stereocenters. The number of hydrogen-bond donors (Lipinski definition) is 0. The van der Waals surface area contributed by atoms with Crippen molar-refractivity contribution in [1.29, 1.82) is 0 Å². The van der Waals surface area contributed by atoms with E-state index in [0.29, 0.717) is 6.20 Å². The largest absolute Gasteiger partial charge is 0.455 e. The Hall–Kier alpha value is -0.980. The molecule has 0 N–H and O–H groups in total. The molecule has 0 aliphatic rings. The third-order valence-corrected chi connectivity index (χ3v) is 1.94. The summed E-state index contributed by atoms with van der Waals surface area (Å²) in [6.45, 7) is 0. The Morgan fingerprint density at radius 3 is 2.36 bits per heavy atom. The molecule has 1 aromatic rings. The van der Waals surface area contributed by atoms with Crippen LogP contribution in [-0.2, 0) is 0 Å². The first kappa shape index (κ1) is 11.1. The molecule has 1 rings (SSSR count). The number of ketones is 1. The van der Waals surface area contributed by atoms with Gasteiger partial charge in [0.25, 0.3) is 5.78 Å². The van der Waals surface area contributed by atoms with Crippen molar-refractivity contribution in [3.8, 4) is 0 Å². The quantitative estimate of drug-likeness (QED) is 0.581. The minimum atomic E-state index is -5.09. The summed E-state index contributed by atoms with van der Waals surface area (Å²) in [4.78, 5) is 14.0. The molecule has 2 nitrogen and oxygen atoms in total. The van der Waals surface area contributed by atoms with Gasteiger partial charge in [-0.2, -0.15) is 13.2 Å². The van der Waals surface area contributed by atoms with E-state index in [1.807, 2.05) is 0 Å². The van der Waals surface area contributed by atoms with E-state index in [-0.39, 0.29) is 4.47 Å². The first-order chi connectivity index (χ1) is 6.34. The zero-order valence-electron chi connectivity index (χ0n) is 6.40. The lowest BCUT2D eigenvalue weighted by Gasteiger charge is -2.06. The molecule has 1 aromatic heterocycles. The maximum Gasteiger partial charge on any atom is 0.455 e. The summed E-state index contributed by atoms with van der Waals surface area (Å²) in [5, 5.41) is 0. The van der Waals surface area contributed by atoms with E-state index in [2.05, 4.69) is 20.9 Å². The van der Waals surface area contributed by atoms with Crippen LogP contribution in [0.3, 0.4) is 0 Å². The van der Waals surface area contributed by atoms with E-state index < -0.39 is 23.3 Å². The number of hydrogen-bond acceptors (Lipinski definition) is 2. The van der Waals surface area contributed by atoms with Crippen molar-refractivity contribution in [3.05, 3.63) is 28.2 Å². The van der Waals surface area contributed by atoms with Gasteiger partial charge in [0.1, 0.15) is 0 Å². The van der Waals surface area contributed by atoms with Crippen molar-refractivity contribution in [2.24, 2.45) is 0 Å². The fourth-order valence-corrected chi connectivity index (χ4v) is 1.26. The Bertz CT molecular complexity index is 356. The first-order valence-corrected chi connectivity index (χ1v) is 4.04. The van der Waals surface area contributed by atoms with Crippen molar-refractivity contribution >= 4 is 21.7 Å². The number of carbonyl (C=O) groups excluding carboxylic acids is 1. The van der Waals surface area contributed by atoms with Crippen LogP contribution in [0, 0.1) is 5.82 Å². The molecule has 0 spiro atoms. The normalized spacial score (nSPS) is 11.5. The molecule has 0 aromatic carbocycles. The third kappa shape index (κ3) is 2.09. The highest BCUT2D eigenvalue weighted by molar-refractivity contribution is 9.10. The summed E-state index contributed by atoms with van der Waals surface area (Å²) in [6, 6.07) is 0. The lowest BCUT2D eigenvalue weighted by Crippen LogP contribution is -2.24. The zero-order valence-corrected chi connectivity index (χ0v) is 7.99. The Morgan fingerprint density at radius 1 is 1.36 bits per heavy atom. The molecule has 0 atom stereocenters. The van der Waals surface area contributed by atoms with Crippen LogP contribution in [0.2, 0.25) is 0 Å². The Morgan fingerprint density at radius 2 is 1.93 bits per heavy atom. The van der Waals surface area contributed by atoms with Crippen molar-refractivity contribution in [3.63, 3.8) is 0 Å². The Balaban J connectivity index is 3.26. The Kier molecular flexibility index (Phi) is 2.89. The third-order valence-electron chi connectivity index (χ3n) is 1.34. The lowest BCUT2D eigenvalue weighted by molar-refractivity contribution is -0.0888. The maximum atomic E-state index is 12.8. The van der Waals surface area contributed by atoms with Gasteiger partial charge < -0.3 is 0 Å². The van der Waals surface area contributed by atoms with Crippen LogP contribution in [0.15, 0.2) is 16.9 Å². The summed E-state index contributed by atoms with van der Waals surface area (Å²) in [6.07, 6.45) is -3.63. The van der Waals surface area contributed by atoms with Crippen LogP contribution in [0.25, 0.3) is 0 Å². The second kappa shape index (κ2) is 3.64. The topological polar surface area (TPSA) is 30.0 Å². The van der Waals surface area contributed by atoms with Gasteiger partial charge in [-0.3, -0.25) is 9.78 Å². The minimum Gasteiger partial charge on any atom is -0.284 e. The number of rotatable bonds is 1. The molecule has 1 heterocycles. The highest BCUT2D eigenvalue weighted by Gasteiger charge is 2.41. The molecule has 0 aliphatic heterocycles. The number of nitrogens with zero attached hydrogens (tertiary/aromatic N) is 1. The predicted molar refractivity (Wildman–Crippen MR) is 42.3 cm³/mol. The van der Waals surface area contributed by atoms with Gasteiger partial charge in [0.05, 0.1) is 11.8 Å². The lowest BCUT2D eigenvalue weighted by atomic mass is 10.1. The molecular weight excluding hydrogens is 270 g/mol. The van der Waals surface area contributed by atoms with Crippen molar-refractivity contribution in [2.45, 2.75) is 6.18 Å². The fourth-order valence-electron chi connectivity index (χ4n) is 0.770. The predicted octanol–water partition coefficient (Wildman–Crippen LogP) is 2.73. The van der Waals surface area contributed by atoms with Crippen LogP contribution >= 0.6 is 15.9 Å². The molecule has 0 aliphatic carbocycles. The summed E-state index contributed by atoms with van der Waals surface area (Å²) >= 11 is 2.62. The van der Waals surface area contributed by atoms with Gasteiger partial charge in [0.2, 0.25) is 0 Å². The Labute approximate surface area is 84.1 Å². The van der Waals surface area contributed by atoms with Gasteiger partial charge in [-0.05, 0) is 15.9 Å². The van der Waals surface area contributed by atoms with Crippen LogP contribution in [0.1, 0.15) is 10.4 Å². The van der Waals surface area contributed by atoms with Gasteiger partial charge in [-0.1, -0.05) is 0 Å². The molecule has 76 valence electrons. The second-order valence-corrected chi connectivity index (χ2v) is 3.16. The van der Waals surface area contributed by atoms with Crippen molar-refractivity contribution in [1.82, 2.24) is 4.98 Å². The highest BCUT2D eigenvalue weighted by atomic mass is 79.9. The molecule has 0 amide bonds. The van der Waals surface area contributed by atoms with E-state index in [9.17, 15) is 22.4 Å². The molecule has 0 fully saturated rings. The molecule has 0 bridgehead atoms. The second-order valence-electron chi connectivity index (χ2n) is 2.31. The molecule has 0 saturated carbocycles. The minimum absolute atomic E-state index is 0.320. The van der Waals surface area contributed by atoms with Gasteiger partial charge in [0, 0.05) is 10.7 Å². The van der Waals surface area contributed by atoms with Gasteiger partial charge >= 0.3 is 6.18 Å². The summed E-state index contributed by atoms with van der Waals surface area (Å²) in [7, 11) is 0. The van der Waals surface area contributed by atoms with Crippen molar-refractivity contribution in [2.75, 3.05) is 0 Å². The number of Topliss-reactive ketones (excluding diaryl/α,β-unsaturated/α-hetero) is 1. The summed E-state index contributed by atoms with van der Waals surface area (Å²) in [5.74, 6) is -3.54. The van der Waals surface area contributed by atoms with Crippen LogP contribution in [0.4, 0.5) is 17.6 Å². The molecule has 14 heavy (non-hydrogen) atoms. The smallest absolute Gasteiger partial charge is 0.284 e. The van der Waals surface area contributed by atoms with Crippen LogP contribution in [-0.4, -0.2) is 16.9 Å². The van der Waals surface area contributed by atoms with E-state index in [1.54, 1.807) is 0 Å². The molecule has 0 radical (unpaired) electrons. The molecule has 7 heteroatoms. The fraction of sp³-hybridized carbons (Fsp3) is 0.143. The van der Waals surface area contributed by atoms with Crippen molar-refractivity contribution < 1.29 is 22.4 Å². The van der Waals surface area contributed by atoms with E-state index in [1.165, 1.54) is 0 Å². The van der Waals surface area contributed by atoms with Crippen LogP contribution < -0.4 is 0 Å². The number of pyridine rings is 1. The van der Waals surface area contributed by atoms with E-state index >= 15 is 0 Å². The number of halogens is 5. The average Bonchev–Trinajstić information content (AvgIpc) is 2.01. The zero-order chi connectivity index (χ0) is 10.9. The molecular formula is C7H2BrF4NO. The monoisotopic (exact) mass is 271 g/mol. The highest BCUT2D eigenvalue weighted by Crippen LogP contribution is 2.27. The van der Waals surface area contributed by atoms with Gasteiger partial charge in [-0.25, -0.2) is 4.39 Å². The SMILES string of the molecule is O=C(c1c(F)cncc1Br)C(F)(F)F. The van der Waals surface area contributed by atoms with E-state index in [4.69, 9.17) is 0 Å². The summed E-state index contributed by atoms with van der Waals surface area (Å²) < 4.78 is 48.3. The van der Waals surface area contributed by atoms with E-state index in [0.717, 1.165) is 6.20 Å². The number of carbonyl (C=O) groups is 1. The standard InChI is InChI=1S/C7H2BrF4NO/c8-3-1-13-2-4(9)5(3)6(14)7(10,11)12/h1-2H. The first-order valence-electron chi connectivity index (χ1n) is 3.24. The molecule has 0 saturated heterocycles. The average molecular weight is 272 g/mol. The number of aromatic nitrogens is 1. The van der Waals surface area contributed by atoms with Crippen LogP contribution in [0.5, 0.6) is 0 Å². The number of alkyl halides is 3. The summed E-state index contributed by atoms with van der Waals surface area (Å²) in [5.41, 5.74) is -1.05.